The zero-order valence-electron chi connectivity index (χ0n) is 19.4. The first-order valence-electron chi connectivity index (χ1n) is 11.5. The fraction of sp³-hybridized carbons (Fsp3) is 0.385. The number of benzene rings is 1. The van der Waals surface area contributed by atoms with Crippen LogP contribution in [0.25, 0.3) is 27.7 Å². The minimum Gasteiger partial charge on any atom is -0.496 e. The van der Waals surface area contributed by atoms with Crippen molar-refractivity contribution in [3.8, 4) is 16.9 Å². The van der Waals surface area contributed by atoms with Gasteiger partial charge in [0.15, 0.2) is 0 Å². The van der Waals surface area contributed by atoms with E-state index in [0.717, 1.165) is 41.8 Å². The molecule has 5 rings (SSSR count). The number of pyridine rings is 1. The maximum atomic E-state index is 14.0. The fourth-order valence-corrected chi connectivity index (χ4v) is 4.88. The Bertz CT molecular complexity index is 1250. The molecule has 4 heterocycles. The van der Waals surface area contributed by atoms with Crippen LogP contribution in [0.5, 0.6) is 5.75 Å². The molecule has 7 nitrogen and oxygen atoms in total. The Balaban J connectivity index is 1.41. The molecule has 2 aromatic heterocycles. The van der Waals surface area contributed by atoms with Gasteiger partial charge in [0.1, 0.15) is 17.2 Å². The summed E-state index contributed by atoms with van der Waals surface area (Å²) in [5, 5.41) is 0.913. The molecule has 1 N–H and O–H groups in total. The molecule has 34 heavy (non-hydrogen) atoms. The summed E-state index contributed by atoms with van der Waals surface area (Å²) < 4.78 is 30.2. The number of hydrogen-bond acceptors (Lipinski definition) is 6. The highest BCUT2D eigenvalue weighted by Gasteiger charge is 2.46. The Morgan fingerprint density at radius 2 is 2.12 bits per heavy atom. The summed E-state index contributed by atoms with van der Waals surface area (Å²) in [5.74, 6) is 0.115. The first-order valence-corrected chi connectivity index (χ1v) is 11.5. The first-order chi connectivity index (χ1) is 16.5. The molecule has 0 spiro atoms. The standard InChI is InChI=1S/C26H28FN3O4/c1-3-34-24(31)14-26(15-33-16-26)30-10-7-17(8-11-30)22-13-21-19(6-9-28-25(21)29-22)20-12-18(27)4-5-23(20)32-2/h4-7,9,12-13H,3,8,10-11,14-16H2,1-2H3,(H,28,29). The average Bonchev–Trinajstić information content (AvgIpc) is 3.26. The van der Waals surface area contributed by atoms with Crippen molar-refractivity contribution in [3.63, 3.8) is 0 Å². The quantitative estimate of drug-likeness (QED) is 0.528. The molecular weight excluding hydrogens is 437 g/mol. The molecule has 0 radical (unpaired) electrons. The van der Waals surface area contributed by atoms with Gasteiger partial charge in [0.05, 0.1) is 38.9 Å². The van der Waals surface area contributed by atoms with Crippen molar-refractivity contribution < 1.29 is 23.4 Å². The molecule has 0 saturated carbocycles. The van der Waals surface area contributed by atoms with Crippen LogP contribution in [0.4, 0.5) is 4.39 Å². The third-order valence-electron chi connectivity index (χ3n) is 6.73. The van der Waals surface area contributed by atoms with Gasteiger partial charge in [0.25, 0.3) is 0 Å². The number of rotatable bonds is 7. The third-order valence-corrected chi connectivity index (χ3v) is 6.73. The Kier molecular flexibility index (Phi) is 6.10. The van der Waals surface area contributed by atoms with Crippen LogP contribution in [-0.2, 0) is 14.3 Å². The van der Waals surface area contributed by atoms with Gasteiger partial charge >= 0.3 is 5.97 Å². The minimum absolute atomic E-state index is 0.178. The van der Waals surface area contributed by atoms with Gasteiger partial charge in [-0.2, -0.15) is 0 Å². The van der Waals surface area contributed by atoms with Gasteiger partial charge < -0.3 is 19.2 Å². The zero-order valence-corrected chi connectivity index (χ0v) is 19.4. The summed E-state index contributed by atoms with van der Waals surface area (Å²) in [6.07, 6.45) is 5.09. The maximum absolute atomic E-state index is 14.0. The van der Waals surface area contributed by atoms with Crippen LogP contribution in [0.2, 0.25) is 0 Å². The highest BCUT2D eigenvalue weighted by atomic mass is 19.1. The third kappa shape index (κ3) is 4.08. The van der Waals surface area contributed by atoms with Crippen LogP contribution in [0.15, 0.2) is 42.6 Å². The summed E-state index contributed by atoms with van der Waals surface area (Å²) in [4.78, 5) is 22.4. The number of halogens is 1. The Hall–Kier alpha value is -3.23. The number of hydrogen-bond donors (Lipinski definition) is 1. The number of nitrogens with one attached hydrogen (secondary N) is 1. The van der Waals surface area contributed by atoms with Crippen molar-refractivity contribution in [2.45, 2.75) is 25.3 Å². The predicted octanol–water partition coefficient (Wildman–Crippen LogP) is 4.19. The summed E-state index contributed by atoms with van der Waals surface area (Å²) in [6.45, 7) is 4.85. The van der Waals surface area contributed by atoms with Crippen molar-refractivity contribution in [2.24, 2.45) is 0 Å². The van der Waals surface area contributed by atoms with Crippen LogP contribution in [0, 0.1) is 5.82 Å². The largest absolute Gasteiger partial charge is 0.496 e. The lowest BCUT2D eigenvalue weighted by molar-refractivity contribution is -0.168. The number of carbonyl (C=O) groups excluding carboxylic acids is 1. The number of esters is 1. The first kappa shape index (κ1) is 22.6. The van der Waals surface area contributed by atoms with Crippen LogP contribution in [0.3, 0.4) is 0 Å². The van der Waals surface area contributed by atoms with E-state index < -0.39 is 0 Å². The predicted molar refractivity (Wildman–Crippen MR) is 127 cm³/mol. The minimum atomic E-state index is -0.316. The lowest BCUT2D eigenvalue weighted by Gasteiger charge is -2.50. The van der Waals surface area contributed by atoms with E-state index in [2.05, 4.69) is 27.0 Å². The number of aromatic nitrogens is 2. The van der Waals surface area contributed by atoms with Gasteiger partial charge in [0, 0.05) is 35.9 Å². The summed E-state index contributed by atoms with van der Waals surface area (Å²) in [5.41, 5.74) is 4.20. The van der Waals surface area contributed by atoms with Crippen LogP contribution < -0.4 is 4.74 Å². The number of carbonyl (C=O) groups is 1. The van der Waals surface area contributed by atoms with Gasteiger partial charge in [-0.05, 0) is 54.8 Å². The van der Waals surface area contributed by atoms with Gasteiger partial charge in [-0.15, -0.1) is 0 Å². The molecule has 2 aliphatic rings. The molecule has 0 bridgehead atoms. The Morgan fingerprint density at radius 3 is 2.79 bits per heavy atom. The van der Waals surface area contributed by atoms with Crippen molar-refractivity contribution in [2.75, 3.05) is 40.0 Å². The number of aromatic amines is 1. The summed E-state index contributed by atoms with van der Waals surface area (Å²) in [7, 11) is 1.58. The van der Waals surface area contributed by atoms with Crippen molar-refractivity contribution in [3.05, 3.63) is 54.1 Å². The average molecular weight is 466 g/mol. The van der Waals surface area contributed by atoms with E-state index in [4.69, 9.17) is 14.2 Å². The van der Waals surface area contributed by atoms with Crippen LogP contribution >= 0.6 is 0 Å². The molecule has 0 aliphatic carbocycles. The van der Waals surface area contributed by atoms with Crippen LogP contribution in [0.1, 0.15) is 25.5 Å². The zero-order chi connectivity index (χ0) is 23.7. The Morgan fingerprint density at radius 1 is 1.26 bits per heavy atom. The van der Waals surface area contributed by atoms with Gasteiger partial charge in [-0.1, -0.05) is 6.08 Å². The number of nitrogens with zero attached hydrogens (tertiary/aromatic N) is 2. The number of ether oxygens (including phenoxy) is 3. The molecule has 0 atom stereocenters. The second-order valence-corrected chi connectivity index (χ2v) is 8.77. The molecule has 178 valence electrons. The molecule has 0 unspecified atom stereocenters. The monoisotopic (exact) mass is 465 g/mol. The van der Waals surface area contributed by atoms with E-state index in [-0.39, 0.29) is 17.3 Å². The number of fused-ring (bicyclic) bond motifs is 1. The molecule has 0 amide bonds. The molecule has 1 saturated heterocycles. The van der Waals surface area contributed by atoms with Crippen LogP contribution in [-0.4, -0.2) is 66.4 Å². The highest BCUT2D eigenvalue weighted by Crippen LogP contribution is 2.38. The fourth-order valence-electron chi connectivity index (χ4n) is 4.88. The molecule has 1 aromatic carbocycles. The number of H-pyrrole nitrogens is 1. The van der Waals surface area contributed by atoms with Gasteiger partial charge in [0.2, 0.25) is 0 Å². The van der Waals surface area contributed by atoms with E-state index in [0.29, 0.717) is 37.6 Å². The molecular formula is C26H28FN3O4. The van der Waals surface area contributed by atoms with E-state index in [1.54, 1.807) is 19.4 Å². The Labute approximate surface area is 197 Å². The summed E-state index contributed by atoms with van der Waals surface area (Å²) >= 11 is 0. The van der Waals surface area contributed by atoms with Gasteiger partial charge in [-0.3, -0.25) is 9.69 Å². The maximum Gasteiger partial charge on any atom is 0.307 e. The lowest BCUT2D eigenvalue weighted by atomic mass is 9.88. The smallest absolute Gasteiger partial charge is 0.307 e. The molecule has 3 aromatic rings. The van der Waals surface area contributed by atoms with Crippen molar-refractivity contribution in [1.82, 2.24) is 14.9 Å². The van der Waals surface area contributed by atoms with E-state index in [1.165, 1.54) is 17.7 Å². The topological polar surface area (TPSA) is 76.7 Å². The van der Waals surface area contributed by atoms with E-state index >= 15 is 0 Å². The second-order valence-electron chi connectivity index (χ2n) is 8.77. The van der Waals surface area contributed by atoms with Gasteiger partial charge in [-0.25, -0.2) is 9.37 Å². The molecule has 8 heteroatoms. The van der Waals surface area contributed by atoms with E-state index in [9.17, 15) is 9.18 Å². The second kappa shape index (κ2) is 9.19. The van der Waals surface area contributed by atoms with E-state index in [1.807, 2.05) is 13.0 Å². The summed E-state index contributed by atoms with van der Waals surface area (Å²) in [6, 6.07) is 8.47. The SMILES string of the molecule is CCOC(=O)CC1(N2CC=C(c3cc4c(-c5cc(F)ccc5OC)ccnc4[nH]3)CC2)COC1. The van der Waals surface area contributed by atoms with Crippen molar-refractivity contribution in [1.29, 1.82) is 0 Å². The normalized spacial score (nSPS) is 17.8. The lowest BCUT2D eigenvalue weighted by Crippen LogP contribution is -2.64. The molecule has 2 aliphatic heterocycles. The molecule has 1 fully saturated rings. The number of methoxy groups -OCH3 is 1. The van der Waals surface area contributed by atoms with Crippen molar-refractivity contribution >= 4 is 22.6 Å². The highest BCUT2D eigenvalue weighted by molar-refractivity contribution is 5.96.